The zero-order valence-electron chi connectivity index (χ0n) is 8.27. The first-order chi connectivity index (χ1) is 7.34. The van der Waals surface area contributed by atoms with Crippen molar-refractivity contribution in [3.05, 3.63) is 40.9 Å². The lowest BCUT2D eigenvalue weighted by atomic mass is 10.1. The molecule has 0 atom stereocenters. The second kappa shape index (κ2) is 3.09. The van der Waals surface area contributed by atoms with Crippen LogP contribution >= 0.6 is 0 Å². The van der Waals surface area contributed by atoms with Gasteiger partial charge in [-0.05, 0) is 18.6 Å². The summed E-state index contributed by atoms with van der Waals surface area (Å²) in [6, 6.07) is 10.1. The van der Waals surface area contributed by atoms with Crippen molar-refractivity contribution in [1.82, 2.24) is 4.98 Å². The van der Waals surface area contributed by atoms with E-state index in [2.05, 4.69) is 17.1 Å². The molecule has 0 bridgehead atoms. The van der Waals surface area contributed by atoms with Crippen molar-refractivity contribution in [2.24, 2.45) is 0 Å². The minimum absolute atomic E-state index is 0.415. The molecule has 0 fully saturated rings. The number of hydrogen-bond acceptors (Lipinski definition) is 2. The normalized spacial score (nSPS) is 14.8. The van der Waals surface area contributed by atoms with Crippen LogP contribution in [0.3, 0.4) is 0 Å². The maximum atomic E-state index is 9.75. The fraction of sp³-hybridized carbons (Fsp3) is 0.154. The summed E-state index contributed by atoms with van der Waals surface area (Å²) < 4.78 is 0. The molecule has 0 saturated carbocycles. The number of hydrogen-bond donors (Lipinski definition) is 1. The van der Waals surface area contributed by atoms with Crippen molar-refractivity contribution in [3.63, 3.8) is 0 Å². The zero-order chi connectivity index (χ0) is 10.3. The molecule has 74 valence electrons. The van der Waals surface area contributed by atoms with Gasteiger partial charge >= 0.3 is 0 Å². The third-order valence-corrected chi connectivity index (χ3v) is 2.77. The lowest BCUT2D eigenvalue weighted by Crippen LogP contribution is -2.32. The van der Waals surface area contributed by atoms with E-state index in [0.717, 1.165) is 27.9 Å². The molecule has 1 aliphatic rings. The Kier molecular flexibility index (Phi) is 1.75. The third-order valence-electron chi connectivity index (χ3n) is 2.77. The van der Waals surface area contributed by atoms with Gasteiger partial charge in [-0.2, -0.15) is 0 Å². The van der Waals surface area contributed by atoms with Crippen LogP contribution in [0.5, 0.6) is 0 Å². The highest BCUT2D eigenvalue weighted by molar-refractivity contribution is 5.78. The van der Waals surface area contributed by atoms with Crippen LogP contribution in [0.2, 0.25) is 0 Å². The van der Waals surface area contributed by atoms with Crippen LogP contribution in [0.25, 0.3) is 22.7 Å². The van der Waals surface area contributed by atoms with Gasteiger partial charge in [0.05, 0.1) is 5.52 Å². The van der Waals surface area contributed by atoms with Crippen LogP contribution in [0.1, 0.15) is 12.8 Å². The predicted octanol–water partition coefficient (Wildman–Crippen LogP) is 1.48. The Morgan fingerprint density at radius 3 is 3.00 bits per heavy atom. The molecular weight excluding hydrogens is 186 g/mol. The molecule has 0 aliphatic heterocycles. The van der Waals surface area contributed by atoms with E-state index in [1.807, 2.05) is 24.3 Å². The number of aliphatic hydroxyl groups is 1. The van der Waals surface area contributed by atoms with Gasteiger partial charge in [0.15, 0.2) is 0 Å². The van der Waals surface area contributed by atoms with E-state index in [1.165, 1.54) is 0 Å². The van der Waals surface area contributed by atoms with Crippen LogP contribution in [-0.2, 0) is 0 Å². The molecule has 2 aromatic rings. The highest BCUT2D eigenvalue weighted by Gasteiger charge is 2.04. The summed E-state index contributed by atoms with van der Waals surface area (Å²) in [5.41, 5.74) is 0.943. The summed E-state index contributed by atoms with van der Waals surface area (Å²) >= 11 is 0. The van der Waals surface area contributed by atoms with E-state index in [1.54, 1.807) is 0 Å². The highest BCUT2D eigenvalue weighted by Crippen LogP contribution is 2.08. The Morgan fingerprint density at radius 1 is 1.20 bits per heavy atom. The number of benzene rings is 1. The lowest BCUT2D eigenvalue weighted by molar-refractivity contribution is 0.475. The lowest BCUT2D eigenvalue weighted by Gasteiger charge is -2.05. The number of nitrogens with zero attached hydrogens (tertiary/aromatic N) is 1. The molecular formula is C13H11NO. The average molecular weight is 197 g/mol. The first-order valence-electron chi connectivity index (χ1n) is 5.13. The van der Waals surface area contributed by atoms with Crippen molar-refractivity contribution >= 4 is 22.7 Å². The second-order valence-corrected chi connectivity index (χ2v) is 3.81. The van der Waals surface area contributed by atoms with Gasteiger partial charge in [0.25, 0.3) is 0 Å². The van der Waals surface area contributed by atoms with Gasteiger partial charge in [-0.15, -0.1) is 0 Å². The minimum atomic E-state index is 0.415. The second-order valence-electron chi connectivity index (χ2n) is 3.81. The Hall–Kier alpha value is -1.83. The molecule has 1 aliphatic carbocycles. The van der Waals surface area contributed by atoms with Gasteiger partial charge in [0.1, 0.15) is 11.1 Å². The zero-order valence-corrected chi connectivity index (χ0v) is 8.27. The molecule has 1 heterocycles. The fourth-order valence-electron chi connectivity index (χ4n) is 2.00. The Morgan fingerprint density at radius 2 is 2.07 bits per heavy atom. The number of para-hydroxylation sites is 1. The molecule has 0 unspecified atom stereocenters. The van der Waals surface area contributed by atoms with Gasteiger partial charge in [-0.1, -0.05) is 24.3 Å². The standard InChI is InChI=1S/C13H11NO/c15-12-7-3-5-10-8-9-4-1-2-6-11(9)14-13(10)12/h1-2,4-6,8,15H,3,7H2. The predicted molar refractivity (Wildman–Crippen MR) is 60.7 cm³/mol. The van der Waals surface area contributed by atoms with Crippen LogP contribution in [0.4, 0.5) is 0 Å². The molecule has 0 saturated heterocycles. The fourth-order valence-corrected chi connectivity index (χ4v) is 2.00. The van der Waals surface area contributed by atoms with E-state index >= 15 is 0 Å². The van der Waals surface area contributed by atoms with Crippen molar-refractivity contribution in [2.45, 2.75) is 12.8 Å². The molecule has 2 nitrogen and oxygen atoms in total. The topological polar surface area (TPSA) is 33.1 Å². The van der Waals surface area contributed by atoms with E-state index in [9.17, 15) is 5.11 Å². The summed E-state index contributed by atoms with van der Waals surface area (Å²) in [4.78, 5) is 4.48. The largest absolute Gasteiger partial charge is 0.510 e. The van der Waals surface area contributed by atoms with Gasteiger partial charge in [0.2, 0.25) is 0 Å². The molecule has 1 N–H and O–H groups in total. The summed E-state index contributed by atoms with van der Waals surface area (Å²) in [5.74, 6) is 0.415. The Labute approximate surface area is 87.2 Å². The summed E-state index contributed by atoms with van der Waals surface area (Å²) in [5, 5.41) is 12.7. The first-order valence-corrected chi connectivity index (χ1v) is 5.13. The first kappa shape index (κ1) is 8.48. The molecule has 15 heavy (non-hydrogen) atoms. The average Bonchev–Trinajstić information content (AvgIpc) is 2.27. The minimum Gasteiger partial charge on any atom is -0.510 e. The Balaban J connectivity index is 2.54. The molecule has 3 rings (SSSR count). The summed E-state index contributed by atoms with van der Waals surface area (Å²) in [7, 11) is 0. The van der Waals surface area contributed by atoms with Crippen LogP contribution in [0, 0.1) is 0 Å². The number of aliphatic hydroxyl groups excluding tert-OH is 1. The molecule has 2 heteroatoms. The molecule has 1 aromatic heterocycles. The SMILES string of the molecule is OC1=c2nc3ccccc3cc2=CCC1. The highest BCUT2D eigenvalue weighted by atomic mass is 16.3. The van der Waals surface area contributed by atoms with Crippen molar-refractivity contribution in [2.75, 3.05) is 0 Å². The number of pyridine rings is 1. The van der Waals surface area contributed by atoms with Crippen LogP contribution in [-0.4, -0.2) is 10.1 Å². The van der Waals surface area contributed by atoms with Crippen LogP contribution < -0.4 is 10.6 Å². The van der Waals surface area contributed by atoms with E-state index in [-0.39, 0.29) is 0 Å². The smallest absolute Gasteiger partial charge is 0.119 e. The van der Waals surface area contributed by atoms with Crippen molar-refractivity contribution < 1.29 is 5.11 Å². The summed E-state index contributed by atoms with van der Waals surface area (Å²) in [6.07, 6.45) is 3.74. The molecule has 1 aromatic carbocycles. The number of fused-ring (bicyclic) bond motifs is 2. The monoisotopic (exact) mass is 197 g/mol. The van der Waals surface area contributed by atoms with Gasteiger partial charge in [-0.25, -0.2) is 4.98 Å². The molecule has 0 radical (unpaired) electrons. The Bertz CT molecular complexity index is 643. The number of aromatic nitrogens is 1. The third kappa shape index (κ3) is 1.30. The quantitative estimate of drug-likeness (QED) is 0.694. The van der Waals surface area contributed by atoms with E-state index in [4.69, 9.17) is 0 Å². The van der Waals surface area contributed by atoms with E-state index < -0.39 is 0 Å². The van der Waals surface area contributed by atoms with E-state index in [0.29, 0.717) is 12.2 Å². The summed E-state index contributed by atoms with van der Waals surface area (Å²) in [6.45, 7) is 0. The molecule has 0 amide bonds. The van der Waals surface area contributed by atoms with Crippen molar-refractivity contribution in [1.29, 1.82) is 0 Å². The van der Waals surface area contributed by atoms with Gasteiger partial charge < -0.3 is 5.11 Å². The maximum Gasteiger partial charge on any atom is 0.119 e. The maximum absolute atomic E-state index is 9.75. The number of rotatable bonds is 0. The molecule has 0 spiro atoms. The van der Waals surface area contributed by atoms with Crippen LogP contribution in [0.15, 0.2) is 30.3 Å². The van der Waals surface area contributed by atoms with Gasteiger partial charge in [-0.3, -0.25) is 0 Å². The van der Waals surface area contributed by atoms with Crippen molar-refractivity contribution in [3.8, 4) is 0 Å². The van der Waals surface area contributed by atoms with Gasteiger partial charge in [0, 0.05) is 17.0 Å².